The Kier molecular flexibility index (Phi) is 11.0. The summed E-state index contributed by atoms with van der Waals surface area (Å²) in [5.41, 5.74) is 4.48. The maximum atomic E-state index is 12.3. The number of carbonyl (C=O) groups is 2. The second-order valence-corrected chi connectivity index (χ2v) is 11.8. The Hall–Kier alpha value is -4.28. The number of rotatable bonds is 11. The van der Waals surface area contributed by atoms with Crippen LogP contribution in [0.4, 0.5) is 10.5 Å². The maximum absolute atomic E-state index is 12.3. The molecule has 1 aliphatic rings. The summed E-state index contributed by atoms with van der Waals surface area (Å²) in [6.45, 7) is 6.78. The Morgan fingerprint density at radius 1 is 0.935 bits per heavy atom. The Labute approximate surface area is 270 Å². The topological polar surface area (TPSA) is 109 Å². The average Bonchev–Trinajstić information content (AvgIpc) is 3.08. The zero-order valence-electron chi connectivity index (χ0n) is 26.8. The number of nitrogens with one attached hydrogen (secondary N) is 2. The van der Waals surface area contributed by atoms with Crippen LogP contribution in [0, 0.1) is 5.92 Å². The summed E-state index contributed by atoms with van der Waals surface area (Å²) in [6.07, 6.45) is -1.03. The normalized spacial score (nSPS) is 20.3. The molecule has 5 unspecified atom stereocenters. The fourth-order valence-electron chi connectivity index (χ4n) is 5.76. The van der Waals surface area contributed by atoms with Crippen molar-refractivity contribution >= 4 is 28.5 Å². The monoisotopic (exact) mass is 625 g/mol. The Bertz CT molecular complexity index is 1610. The number of urea groups is 1. The van der Waals surface area contributed by atoms with Crippen LogP contribution >= 0.6 is 0 Å². The van der Waals surface area contributed by atoms with Crippen LogP contribution in [-0.2, 0) is 25.6 Å². The van der Waals surface area contributed by atoms with Crippen molar-refractivity contribution in [3.8, 4) is 0 Å². The average molecular weight is 626 g/mol. The zero-order valence-corrected chi connectivity index (χ0v) is 26.8. The summed E-state index contributed by atoms with van der Waals surface area (Å²) in [6, 6.07) is 29.8. The van der Waals surface area contributed by atoms with Crippen LogP contribution in [0.25, 0.3) is 10.8 Å². The predicted octanol–water partition coefficient (Wildman–Crippen LogP) is 6.50. The smallest absolute Gasteiger partial charge is 0.325 e. The zero-order chi connectivity index (χ0) is 32.6. The molecule has 46 heavy (non-hydrogen) atoms. The van der Waals surface area contributed by atoms with Crippen LogP contribution in [0.5, 0.6) is 0 Å². The molecular weight excluding hydrogens is 582 g/mol. The fraction of sp³-hybridized carbons (Fsp3) is 0.351. The fourth-order valence-corrected chi connectivity index (χ4v) is 5.76. The van der Waals surface area contributed by atoms with Gasteiger partial charge in [-0.15, -0.1) is 0 Å². The van der Waals surface area contributed by atoms with Gasteiger partial charge in [-0.2, -0.15) is 0 Å². The van der Waals surface area contributed by atoms with Crippen molar-refractivity contribution in [1.29, 1.82) is 0 Å². The van der Waals surface area contributed by atoms with Crippen LogP contribution in [0.15, 0.2) is 91.0 Å². The summed E-state index contributed by atoms with van der Waals surface area (Å²) >= 11 is 0. The molecule has 5 atom stereocenters. The molecule has 1 saturated heterocycles. The van der Waals surface area contributed by atoms with Gasteiger partial charge in [0.05, 0.1) is 25.4 Å². The molecule has 0 saturated carbocycles. The van der Waals surface area contributed by atoms with Gasteiger partial charge in [-0.1, -0.05) is 79.7 Å². The van der Waals surface area contributed by atoms with E-state index < -0.39 is 18.3 Å². The largest absolute Gasteiger partial charge is 0.465 e. The van der Waals surface area contributed by atoms with Crippen LogP contribution in [-0.4, -0.2) is 54.9 Å². The number of ether oxygens (including phenoxy) is 3. The quantitative estimate of drug-likeness (QED) is 0.163. The van der Waals surface area contributed by atoms with E-state index in [1.807, 2.05) is 36.4 Å². The molecule has 1 fully saturated rings. The number of anilines is 1. The lowest BCUT2D eigenvalue weighted by atomic mass is 9.89. The van der Waals surface area contributed by atoms with Crippen LogP contribution in [0.1, 0.15) is 61.5 Å². The number of nitrogens with zero attached hydrogens (tertiary/aromatic N) is 1. The molecule has 2 amide bonds. The van der Waals surface area contributed by atoms with E-state index in [4.69, 9.17) is 14.2 Å². The predicted molar refractivity (Wildman–Crippen MR) is 178 cm³/mol. The number of hydrogen-bond acceptors (Lipinski definition) is 7. The van der Waals surface area contributed by atoms with E-state index in [1.54, 1.807) is 19.1 Å². The Morgan fingerprint density at radius 2 is 1.63 bits per heavy atom. The number of likely N-dealkylation sites (N-methyl/N-ethyl adjacent to an activating group) is 1. The molecule has 242 valence electrons. The third-order valence-electron chi connectivity index (χ3n) is 8.65. The van der Waals surface area contributed by atoms with Gasteiger partial charge < -0.3 is 30.0 Å². The lowest BCUT2D eigenvalue weighted by molar-refractivity contribution is -0.276. The highest BCUT2D eigenvalue weighted by Crippen LogP contribution is 2.42. The molecule has 0 aliphatic carbocycles. The van der Waals surface area contributed by atoms with E-state index in [0.29, 0.717) is 12.2 Å². The number of aliphatic hydroxyl groups is 1. The summed E-state index contributed by atoms with van der Waals surface area (Å²) in [5.74, 6) is -0.465. The highest BCUT2D eigenvalue weighted by Gasteiger charge is 2.39. The van der Waals surface area contributed by atoms with E-state index in [-0.39, 0.29) is 43.9 Å². The minimum absolute atomic E-state index is 0.0194. The molecule has 4 aromatic rings. The van der Waals surface area contributed by atoms with Gasteiger partial charge in [0, 0.05) is 29.8 Å². The lowest BCUT2D eigenvalue weighted by Gasteiger charge is -2.43. The van der Waals surface area contributed by atoms with Crippen molar-refractivity contribution in [3.05, 3.63) is 113 Å². The first-order valence-corrected chi connectivity index (χ1v) is 15.8. The van der Waals surface area contributed by atoms with Gasteiger partial charge >= 0.3 is 12.0 Å². The van der Waals surface area contributed by atoms with Gasteiger partial charge in [0.15, 0.2) is 6.29 Å². The SMILES string of the molecule is CCOC(=O)CNC(=O)Nc1ccc(C2OC(CN(C)C(C)c3ccc4ccccc4c3)C(C)C(c3ccc(CO)cc3)O2)cc1. The van der Waals surface area contributed by atoms with Crippen molar-refractivity contribution in [3.63, 3.8) is 0 Å². The molecule has 0 aromatic heterocycles. The van der Waals surface area contributed by atoms with Crippen molar-refractivity contribution in [2.24, 2.45) is 5.92 Å². The number of fused-ring (bicyclic) bond motifs is 1. The van der Waals surface area contributed by atoms with E-state index >= 15 is 0 Å². The lowest BCUT2D eigenvalue weighted by Crippen LogP contribution is -2.44. The van der Waals surface area contributed by atoms with Gasteiger partial charge in [0.25, 0.3) is 0 Å². The van der Waals surface area contributed by atoms with Gasteiger partial charge in [0.2, 0.25) is 0 Å². The number of aliphatic hydroxyl groups excluding tert-OH is 1. The number of hydrogen-bond donors (Lipinski definition) is 3. The molecule has 4 aromatic carbocycles. The molecule has 9 nitrogen and oxygen atoms in total. The van der Waals surface area contributed by atoms with E-state index in [1.165, 1.54) is 16.3 Å². The van der Waals surface area contributed by atoms with Crippen LogP contribution in [0.3, 0.4) is 0 Å². The minimum atomic E-state index is -0.639. The van der Waals surface area contributed by atoms with Gasteiger partial charge in [0.1, 0.15) is 6.54 Å². The Balaban J connectivity index is 1.32. The first-order chi connectivity index (χ1) is 22.2. The molecule has 0 bridgehead atoms. The van der Waals surface area contributed by atoms with E-state index in [9.17, 15) is 14.7 Å². The number of benzene rings is 4. The number of esters is 1. The second kappa shape index (κ2) is 15.3. The molecule has 1 heterocycles. The Morgan fingerprint density at radius 3 is 2.33 bits per heavy atom. The molecule has 0 radical (unpaired) electrons. The molecule has 9 heteroatoms. The summed E-state index contributed by atoms with van der Waals surface area (Å²) in [4.78, 5) is 26.1. The molecule has 3 N–H and O–H groups in total. The van der Waals surface area contributed by atoms with Crippen LogP contribution < -0.4 is 10.6 Å². The van der Waals surface area contributed by atoms with Crippen LogP contribution in [0.2, 0.25) is 0 Å². The van der Waals surface area contributed by atoms with E-state index in [2.05, 4.69) is 78.9 Å². The highest BCUT2D eigenvalue weighted by molar-refractivity contribution is 5.91. The third kappa shape index (κ3) is 8.10. The molecule has 5 rings (SSSR count). The van der Waals surface area contributed by atoms with Crippen molar-refractivity contribution < 1.29 is 28.9 Å². The molecule has 0 spiro atoms. The highest BCUT2D eigenvalue weighted by atomic mass is 16.7. The summed E-state index contributed by atoms with van der Waals surface area (Å²) < 4.78 is 18.1. The summed E-state index contributed by atoms with van der Waals surface area (Å²) in [7, 11) is 2.12. The molecule has 1 aliphatic heterocycles. The number of carbonyl (C=O) groups excluding carboxylic acids is 2. The van der Waals surface area contributed by atoms with Crippen molar-refractivity contribution in [2.45, 2.75) is 51.9 Å². The first kappa shape index (κ1) is 33.1. The van der Waals surface area contributed by atoms with Gasteiger partial charge in [-0.25, -0.2) is 4.79 Å². The molecular formula is C37H43N3O6. The van der Waals surface area contributed by atoms with Gasteiger partial charge in [-0.3, -0.25) is 9.69 Å². The maximum Gasteiger partial charge on any atom is 0.325 e. The third-order valence-corrected chi connectivity index (χ3v) is 8.65. The standard InChI is InChI=1S/C37H43N3O6/c1-5-44-34(42)21-38-37(43)39-32-18-16-29(17-19-32)36-45-33(24(2)35(46-36)28-12-10-26(23-41)11-13-28)22-40(4)25(3)30-15-14-27-8-6-7-9-31(27)20-30/h6-20,24-25,33,35-36,41H,5,21-23H2,1-4H3,(H2,38,39,43). The van der Waals surface area contributed by atoms with Crippen molar-refractivity contribution in [2.75, 3.05) is 32.1 Å². The second-order valence-electron chi connectivity index (χ2n) is 11.8. The number of amides is 2. The summed E-state index contributed by atoms with van der Waals surface area (Å²) in [5, 5.41) is 17.2. The minimum Gasteiger partial charge on any atom is -0.465 e. The first-order valence-electron chi connectivity index (χ1n) is 15.8. The van der Waals surface area contributed by atoms with E-state index in [0.717, 1.165) is 16.7 Å². The van der Waals surface area contributed by atoms with Crippen molar-refractivity contribution in [1.82, 2.24) is 10.2 Å². The van der Waals surface area contributed by atoms with Gasteiger partial charge in [-0.05, 0) is 66.6 Å².